The van der Waals surface area contributed by atoms with E-state index in [0.29, 0.717) is 23.2 Å². The summed E-state index contributed by atoms with van der Waals surface area (Å²) in [4.78, 5) is 10.1. The zero-order valence-corrected chi connectivity index (χ0v) is 11.1. The third kappa shape index (κ3) is 3.13. The normalized spacial score (nSPS) is 11.1. The number of anilines is 1. The van der Waals surface area contributed by atoms with Gasteiger partial charge in [0.25, 0.3) is 6.43 Å². The smallest absolute Gasteiger partial charge is 0.255 e. The highest BCUT2D eigenvalue weighted by atomic mass is 79.9. The molecule has 0 amide bonds. The van der Waals surface area contributed by atoms with Crippen LogP contribution < -0.4 is 4.90 Å². The second-order valence-electron chi connectivity index (χ2n) is 3.74. The Morgan fingerprint density at radius 1 is 1.22 bits per heavy atom. The molecule has 0 unspecified atom stereocenters. The molecule has 0 saturated carbocycles. The summed E-state index contributed by atoms with van der Waals surface area (Å²) in [6.07, 6.45) is -0.856. The lowest BCUT2D eigenvalue weighted by molar-refractivity contribution is 0.155. The first kappa shape index (κ1) is 13.1. The van der Waals surface area contributed by atoms with E-state index in [9.17, 15) is 8.78 Å². The Morgan fingerprint density at radius 3 is 2.61 bits per heavy atom. The van der Waals surface area contributed by atoms with Crippen LogP contribution in [0.1, 0.15) is 0 Å². The van der Waals surface area contributed by atoms with Crippen molar-refractivity contribution in [2.45, 2.75) is 6.43 Å². The summed E-state index contributed by atoms with van der Waals surface area (Å²) >= 11 is 3.25. The Kier molecular flexibility index (Phi) is 4.41. The van der Waals surface area contributed by atoms with Crippen molar-refractivity contribution < 1.29 is 8.78 Å². The van der Waals surface area contributed by atoms with Gasteiger partial charge in [0.1, 0.15) is 5.82 Å². The molecule has 0 fully saturated rings. The minimum Gasteiger partial charge on any atom is -0.349 e. The number of halogens is 3. The minimum absolute atomic E-state index is 0.335. The molecule has 0 aliphatic heterocycles. The van der Waals surface area contributed by atoms with Gasteiger partial charge in [-0.2, -0.15) is 0 Å². The van der Waals surface area contributed by atoms with Crippen LogP contribution in [0.25, 0.3) is 11.0 Å². The summed E-state index contributed by atoms with van der Waals surface area (Å²) < 4.78 is 25.0. The fraction of sp³-hybridized carbons (Fsp3) is 0.333. The molecule has 2 aromatic rings. The second kappa shape index (κ2) is 6.04. The van der Waals surface area contributed by atoms with Gasteiger partial charge in [-0.25, -0.2) is 13.8 Å². The van der Waals surface area contributed by atoms with Gasteiger partial charge in [0.2, 0.25) is 0 Å². The lowest BCUT2D eigenvalue weighted by atomic mass is 10.3. The zero-order chi connectivity index (χ0) is 13.0. The van der Waals surface area contributed by atoms with Gasteiger partial charge in [0.05, 0.1) is 23.8 Å². The molecule has 0 N–H and O–H groups in total. The predicted molar refractivity (Wildman–Crippen MR) is 71.5 cm³/mol. The number of nitrogens with zero attached hydrogens (tertiary/aromatic N) is 3. The third-order valence-corrected chi connectivity index (χ3v) is 2.83. The molecule has 1 aromatic carbocycles. The van der Waals surface area contributed by atoms with E-state index in [1.54, 1.807) is 0 Å². The van der Waals surface area contributed by atoms with Crippen LogP contribution in [0.2, 0.25) is 0 Å². The van der Waals surface area contributed by atoms with E-state index in [1.165, 1.54) is 11.1 Å². The molecule has 0 bridgehead atoms. The predicted octanol–water partition coefficient (Wildman–Crippen LogP) is 3.10. The highest BCUT2D eigenvalue weighted by molar-refractivity contribution is 9.09. The average molecular weight is 316 g/mol. The molecule has 96 valence electrons. The van der Waals surface area contributed by atoms with Crippen LogP contribution in [-0.2, 0) is 0 Å². The highest BCUT2D eigenvalue weighted by Crippen LogP contribution is 2.16. The molecule has 0 saturated heterocycles. The standard InChI is InChI=1S/C12H12BrF2N3/c13-5-6-18(8-11(14)15)12-7-16-9-3-1-2-4-10(9)17-12/h1-4,7,11H,5-6,8H2. The first-order chi connectivity index (χ1) is 8.70. The Hall–Kier alpha value is -1.30. The first-order valence-electron chi connectivity index (χ1n) is 5.51. The molecular weight excluding hydrogens is 304 g/mol. The number of rotatable bonds is 5. The lowest BCUT2D eigenvalue weighted by Gasteiger charge is -2.22. The molecule has 1 aromatic heterocycles. The van der Waals surface area contributed by atoms with Gasteiger partial charge in [-0.05, 0) is 12.1 Å². The monoisotopic (exact) mass is 315 g/mol. The number of fused-ring (bicyclic) bond motifs is 1. The molecule has 3 nitrogen and oxygen atoms in total. The van der Waals surface area contributed by atoms with E-state index in [-0.39, 0.29) is 6.54 Å². The summed E-state index contributed by atoms with van der Waals surface area (Å²) in [5.74, 6) is 0.480. The van der Waals surface area contributed by atoms with Crippen molar-refractivity contribution in [3.63, 3.8) is 0 Å². The van der Waals surface area contributed by atoms with E-state index in [4.69, 9.17) is 0 Å². The maximum absolute atomic E-state index is 12.5. The molecule has 0 radical (unpaired) electrons. The van der Waals surface area contributed by atoms with Gasteiger partial charge >= 0.3 is 0 Å². The molecule has 0 spiro atoms. The maximum Gasteiger partial charge on any atom is 0.255 e. The summed E-state index contributed by atoms with van der Waals surface area (Å²) in [6, 6.07) is 7.38. The van der Waals surface area contributed by atoms with E-state index in [1.807, 2.05) is 24.3 Å². The van der Waals surface area contributed by atoms with Crippen molar-refractivity contribution >= 4 is 32.8 Å². The molecule has 0 aliphatic rings. The number of benzene rings is 1. The van der Waals surface area contributed by atoms with Crippen LogP contribution in [-0.4, -0.2) is 34.8 Å². The van der Waals surface area contributed by atoms with E-state index >= 15 is 0 Å². The van der Waals surface area contributed by atoms with Crippen LogP contribution in [0.4, 0.5) is 14.6 Å². The van der Waals surface area contributed by atoms with Crippen LogP contribution in [0, 0.1) is 0 Å². The highest BCUT2D eigenvalue weighted by Gasteiger charge is 2.14. The Balaban J connectivity index is 2.31. The van der Waals surface area contributed by atoms with Gasteiger partial charge in [-0.3, -0.25) is 4.98 Å². The van der Waals surface area contributed by atoms with E-state index in [0.717, 1.165) is 5.52 Å². The number of para-hydroxylation sites is 2. The van der Waals surface area contributed by atoms with Crippen molar-refractivity contribution in [2.24, 2.45) is 0 Å². The van der Waals surface area contributed by atoms with Crippen LogP contribution in [0.5, 0.6) is 0 Å². The lowest BCUT2D eigenvalue weighted by Crippen LogP contribution is -2.31. The minimum atomic E-state index is -2.39. The molecular formula is C12H12BrF2N3. The Labute approximate surface area is 112 Å². The Bertz CT molecular complexity index is 521. The van der Waals surface area contributed by atoms with Gasteiger partial charge in [-0.15, -0.1) is 0 Å². The molecule has 1 heterocycles. The van der Waals surface area contributed by atoms with E-state index in [2.05, 4.69) is 25.9 Å². The van der Waals surface area contributed by atoms with Crippen molar-refractivity contribution in [3.8, 4) is 0 Å². The molecule has 0 atom stereocenters. The van der Waals surface area contributed by atoms with E-state index < -0.39 is 6.43 Å². The summed E-state index contributed by atoms with van der Waals surface area (Å²) in [7, 11) is 0. The number of hydrogen-bond acceptors (Lipinski definition) is 3. The Morgan fingerprint density at radius 2 is 1.94 bits per heavy atom. The summed E-state index contributed by atoms with van der Waals surface area (Å²) in [5, 5.41) is 0.605. The van der Waals surface area contributed by atoms with Gasteiger partial charge in [0, 0.05) is 11.9 Å². The molecule has 0 aliphatic carbocycles. The quantitative estimate of drug-likeness (QED) is 0.794. The van der Waals surface area contributed by atoms with Gasteiger partial charge in [-0.1, -0.05) is 28.1 Å². The van der Waals surface area contributed by atoms with Crippen LogP contribution >= 0.6 is 15.9 Å². The van der Waals surface area contributed by atoms with Crippen LogP contribution in [0.3, 0.4) is 0 Å². The maximum atomic E-state index is 12.5. The average Bonchev–Trinajstić information content (AvgIpc) is 2.37. The fourth-order valence-electron chi connectivity index (χ4n) is 1.67. The zero-order valence-electron chi connectivity index (χ0n) is 9.56. The topological polar surface area (TPSA) is 29.0 Å². The van der Waals surface area contributed by atoms with Crippen molar-refractivity contribution in [1.82, 2.24) is 9.97 Å². The second-order valence-corrected chi connectivity index (χ2v) is 4.54. The molecule has 6 heteroatoms. The number of alkyl halides is 3. The van der Waals surface area contributed by atoms with Gasteiger partial charge in [0.15, 0.2) is 0 Å². The molecule has 18 heavy (non-hydrogen) atoms. The van der Waals surface area contributed by atoms with Crippen LogP contribution in [0.15, 0.2) is 30.5 Å². The molecule has 2 rings (SSSR count). The largest absolute Gasteiger partial charge is 0.349 e. The summed E-state index contributed by atoms with van der Waals surface area (Å²) in [6.45, 7) is 0.135. The van der Waals surface area contributed by atoms with Crippen molar-refractivity contribution in [2.75, 3.05) is 23.3 Å². The fourth-order valence-corrected chi connectivity index (χ4v) is 2.10. The first-order valence-corrected chi connectivity index (χ1v) is 6.63. The summed E-state index contributed by atoms with van der Waals surface area (Å²) in [5.41, 5.74) is 1.47. The SMILES string of the molecule is FC(F)CN(CCBr)c1cnc2ccccc2n1. The third-order valence-electron chi connectivity index (χ3n) is 2.47. The van der Waals surface area contributed by atoms with Crippen molar-refractivity contribution in [1.29, 1.82) is 0 Å². The number of aromatic nitrogens is 2. The number of hydrogen-bond donors (Lipinski definition) is 0. The van der Waals surface area contributed by atoms with Crippen molar-refractivity contribution in [3.05, 3.63) is 30.5 Å². The van der Waals surface area contributed by atoms with Gasteiger partial charge < -0.3 is 4.90 Å².